The van der Waals surface area contributed by atoms with Crippen molar-refractivity contribution in [2.24, 2.45) is 0 Å². The highest BCUT2D eigenvalue weighted by Crippen LogP contribution is 2.35. The Morgan fingerprint density at radius 2 is 0.750 bits per heavy atom. The van der Waals surface area contributed by atoms with Crippen LogP contribution in [0.4, 0.5) is 0 Å². The van der Waals surface area contributed by atoms with Crippen LogP contribution in [-0.4, -0.2) is 11.6 Å². The summed E-state index contributed by atoms with van der Waals surface area (Å²) in [5.74, 6) is -0.444. The van der Waals surface area contributed by atoms with Crippen LogP contribution in [-0.2, 0) is 0 Å². The van der Waals surface area contributed by atoms with Crippen molar-refractivity contribution in [3.63, 3.8) is 0 Å². The standard InChI is InChI=1S/C32H18O4/c33-31(23-13-7-17-27-29(23)21-11-3-5-15-25(21)35-27)19-9-1-2-10-20(19)32(34)24-14-8-18-28-30(24)22-12-4-6-16-26(22)36-28/h1-18H. The fraction of sp³-hybridized carbons (Fsp3) is 0. The van der Waals surface area contributed by atoms with E-state index in [4.69, 9.17) is 8.83 Å². The zero-order valence-corrected chi connectivity index (χ0v) is 19.0. The molecule has 36 heavy (non-hydrogen) atoms. The lowest BCUT2D eigenvalue weighted by Crippen LogP contribution is -2.11. The molecule has 0 saturated heterocycles. The molecule has 0 fully saturated rings. The van der Waals surface area contributed by atoms with E-state index in [0.717, 1.165) is 32.7 Å². The maximum Gasteiger partial charge on any atom is 0.194 e. The molecule has 0 bridgehead atoms. The van der Waals surface area contributed by atoms with E-state index in [2.05, 4.69) is 0 Å². The highest BCUT2D eigenvalue weighted by molar-refractivity contribution is 6.28. The number of carbonyl (C=O) groups is 2. The molecule has 4 nitrogen and oxygen atoms in total. The second-order valence-electron chi connectivity index (χ2n) is 8.76. The first-order valence-electron chi connectivity index (χ1n) is 11.7. The minimum Gasteiger partial charge on any atom is -0.456 e. The predicted molar refractivity (Wildman–Crippen MR) is 141 cm³/mol. The van der Waals surface area contributed by atoms with E-state index < -0.39 is 0 Å². The molecular weight excluding hydrogens is 448 g/mol. The summed E-state index contributed by atoms with van der Waals surface area (Å²) in [6.45, 7) is 0. The van der Waals surface area contributed by atoms with Gasteiger partial charge in [-0.1, -0.05) is 84.9 Å². The van der Waals surface area contributed by atoms with Gasteiger partial charge < -0.3 is 8.83 Å². The summed E-state index contributed by atoms with van der Waals surface area (Å²) in [5.41, 5.74) is 4.43. The van der Waals surface area contributed by atoms with Gasteiger partial charge in [-0.3, -0.25) is 9.59 Å². The first-order chi connectivity index (χ1) is 17.7. The Kier molecular flexibility index (Phi) is 4.42. The number of fused-ring (bicyclic) bond motifs is 6. The van der Waals surface area contributed by atoms with Crippen molar-refractivity contribution in [2.45, 2.75) is 0 Å². The van der Waals surface area contributed by atoms with Gasteiger partial charge in [0.05, 0.1) is 0 Å². The zero-order valence-electron chi connectivity index (χ0n) is 19.0. The van der Waals surface area contributed by atoms with Crippen molar-refractivity contribution in [1.82, 2.24) is 0 Å². The maximum absolute atomic E-state index is 14.0. The summed E-state index contributed by atoms with van der Waals surface area (Å²) in [7, 11) is 0. The summed E-state index contributed by atoms with van der Waals surface area (Å²) < 4.78 is 12.0. The van der Waals surface area contributed by atoms with Crippen molar-refractivity contribution in [1.29, 1.82) is 0 Å². The third-order valence-electron chi connectivity index (χ3n) is 6.71. The molecule has 170 valence electrons. The number of para-hydroxylation sites is 2. The van der Waals surface area contributed by atoms with Gasteiger partial charge in [-0.15, -0.1) is 0 Å². The largest absolute Gasteiger partial charge is 0.456 e. The fourth-order valence-electron chi connectivity index (χ4n) is 5.10. The van der Waals surface area contributed by atoms with Crippen LogP contribution < -0.4 is 0 Å². The molecule has 2 heterocycles. The van der Waals surface area contributed by atoms with Gasteiger partial charge in [0, 0.05) is 43.8 Å². The first kappa shape index (κ1) is 20.4. The van der Waals surface area contributed by atoms with Gasteiger partial charge in [-0.05, 0) is 24.3 Å². The lowest BCUT2D eigenvalue weighted by atomic mass is 9.90. The fourth-order valence-corrected chi connectivity index (χ4v) is 5.10. The highest BCUT2D eigenvalue weighted by Gasteiger charge is 2.24. The van der Waals surface area contributed by atoms with Gasteiger partial charge in [0.25, 0.3) is 0 Å². The van der Waals surface area contributed by atoms with Gasteiger partial charge in [0.15, 0.2) is 11.6 Å². The molecule has 0 N–H and O–H groups in total. The van der Waals surface area contributed by atoms with Crippen molar-refractivity contribution >= 4 is 55.4 Å². The monoisotopic (exact) mass is 466 g/mol. The maximum atomic E-state index is 14.0. The van der Waals surface area contributed by atoms with Crippen LogP contribution in [0.5, 0.6) is 0 Å². The Labute approximate surface area is 205 Å². The van der Waals surface area contributed by atoms with E-state index in [1.807, 2.05) is 60.7 Å². The number of furan rings is 2. The van der Waals surface area contributed by atoms with E-state index in [1.54, 1.807) is 48.5 Å². The number of benzene rings is 5. The number of hydrogen-bond acceptors (Lipinski definition) is 4. The van der Waals surface area contributed by atoms with Crippen molar-refractivity contribution < 1.29 is 18.4 Å². The lowest BCUT2D eigenvalue weighted by Gasteiger charge is -2.10. The molecule has 0 aliphatic heterocycles. The molecule has 0 spiro atoms. The minimum atomic E-state index is -0.222. The number of hydrogen-bond donors (Lipinski definition) is 0. The third kappa shape index (κ3) is 2.95. The van der Waals surface area contributed by atoms with Crippen LogP contribution in [0.15, 0.2) is 118 Å². The van der Waals surface area contributed by atoms with Gasteiger partial charge in [0.2, 0.25) is 0 Å². The van der Waals surface area contributed by atoms with Crippen LogP contribution in [0, 0.1) is 0 Å². The van der Waals surface area contributed by atoms with E-state index in [0.29, 0.717) is 33.4 Å². The molecule has 0 amide bonds. The lowest BCUT2D eigenvalue weighted by molar-refractivity contribution is 0.100. The van der Waals surface area contributed by atoms with E-state index >= 15 is 0 Å². The molecule has 0 atom stereocenters. The first-order valence-corrected chi connectivity index (χ1v) is 11.7. The van der Waals surface area contributed by atoms with Crippen LogP contribution >= 0.6 is 0 Å². The van der Waals surface area contributed by atoms with E-state index in [-0.39, 0.29) is 11.6 Å². The quantitative estimate of drug-likeness (QED) is 0.247. The molecule has 0 unspecified atom stereocenters. The molecule has 0 radical (unpaired) electrons. The zero-order chi connectivity index (χ0) is 24.2. The number of carbonyl (C=O) groups excluding carboxylic acids is 2. The normalized spacial score (nSPS) is 11.6. The summed E-state index contributed by atoms with van der Waals surface area (Å²) in [6, 6.07) is 33.2. The molecule has 7 aromatic rings. The number of ketones is 2. The van der Waals surface area contributed by atoms with Crippen LogP contribution in [0.3, 0.4) is 0 Å². The van der Waals surface area contributed by atoms with Crippen LogP contribution in [0.25, 0.3) is 43.9 Å². The predicted octanol–water partition coefficient (Wildman–Crippen LogP) is 7.95. The summed E-state index contributed by atoms with van der Waals surface area (Å²) in [6.07, 6.45) is 0. The highest BCUT2D eigenvalue weighted by atomic mass is 16.3. The molecular formula is C32H18O4. The Morgan fingerprint density at radius 1 is 0.389 bits per heavy atom. The summed E-state index contributed by atoms with van der Waals surface area (Å²) in [5, 5.41) is 3.25. The minimum absolute atomic E-state index is 0.222. The van der Waals surface area contributed by atoms with Gasteiger partial charge in [-0.2, -0.15) is 0 Å². The van der Waals surface area contributed by atoms with Crippen molar-refractivity contribution in [2.75, 3.05) is 0 Å². The molecule has 4 heteroatoms. The van der Waals surface area contributed by atoms with Crippen molar-refractivity contribution in [3.8, 4) is 0 Å². The summed E-state index contributed by atoms with van der Waals surface area (Å²) >= 11 is 0. The molecule has 0 aliphatic carbocycles. The average molecular weight is 466 g/mol. The Bertz CT molecular complexity index is 1840. The number of rotatable bonds is 4. The van der Waals surface area contributed by atoms with E-state index in [1.165, 1.54) is 0 Å². The molecule has 7 rings (SSSR count). The average Bonchev–Trinajstić information content (AvgIpc) is 3.50. The van der Waals surface area contributed by atoms with Gasteiger partial charge in [-0.25, -0.2) is 0 Å². The molecule has 0 saturated carbocycles. The summed E-state index contributed by atoms with van der Waals surface area (Å²) in [4.78, 5) is 27.9. The van der Waals surface area contributed by atoms with Crippen molar-refractivity contribution in [3.05, 3.63) is 131 Å². The van der Waals surface area contributed by atoms with Crippen LogP contribution in [0.2, 0.25) is 0 Å². The Morgan fingerprint density at radius 3 is 1.22 bits per heavy atom. The van der Waals surface area contributed by atoms with Gasteiger partial charge in [0.1, 0.15) is 22.3 Å². The van der Waals surface area contributed by atoms with E-state index in [9.17, 15) is 9.59 Å². The molecule has 0 aliphatic rings. The third-order valence-corrected chi connectivity index (χ3v) is 6.71. The Hall–Kier alpha value is -4.96. The molecule has 5 aromatic carbocycles. The SMILES string of the molecule is O=C(c1ccccc1C(=O)c1cccc2oc3ccccc3c12)c1cccc2oc3ccccc3c12. The second kappa shape index (κ2) is 7.79. The smallest absolute Gasteiger partial charge is 0.194 e. The molecule has 2 aromatic heterocycles. The Balaban J connectivity index is 1.42. The second-order valence-corrected chi connectivity index (χ2v) is 8.76. The van der Waals surface area contributed by atoms with Crippen LogP contribution in [0.1, 0.15) is 31.8 Å². The van der Waals surface area contributed by atoms with Gasteiger partial charge >= 0.3 is 0 Å². The topological polar surface area (TPSA) is 60.4 Å².